The van der Waals surface area contributed by atoms with E-state index < -0.39 is 53.2 Å². The second kappa shape index (κ2) is 7.76. The van der Waals surface area contributed by atoms with E-state index in [4.69, 9.17) is 30.5 Å². The molecule has 1 aromatic rings. The van der Waals surface area contributed by atoms with Crippen LogP contribution in [0.15, 0.2) is 24.3 Å². The normalized spacial score (nSPS) is 27.7. The Hall–Kier alpha value is -2.61. The van der Waals surface area contributed by atoms with Gasteiger partial charge in [0.2, 0.25) is 0 Å². The maximum atomic E-state index is 13.1. The summed E-state index contributed by atoms with van der Waals surface area (Å²) < 4.78 is 22.3. The van der Waals surface area contributed by atoms with Crippen molar-refractivity contribution in [3.63, 3.8) is 0 Å². The van der Waals surface area contributed by atoms with E-state index >= 15 is 0 Å². The molecule has 4 aliphatic rings. The molecule has 2 aliphatic heterocycles. The van der Waals surface area contributed by atoms with Gasteiger partial charge in [-0.05, 0) is 43.4 Å². The Labute approximate surface area is 189 Å². The van der Waals surface area contributed by atoms with Gasteiger partial charge >= 0.3 is 23.9 Å². The minimum absolute atomic E-state index is 0.321. The lowest BCUT2D eigenvalue weighted by molar-refractivity contribution is -0.257. The molecule has 32 heavy (non-hydrogen) atoms. The highest BCUT2D eigenvalue weighted by molar-refractivity contribution is 6.30. The SMILES string of the molecule is O=C1OC2(CCCC2)OC(=O)C1C(c1cccc(Cl)c1)C1C(=O)OC2(CCCC2)OC1=O. The van der Waals surface area contributed by atoms with Crippen LogP contribution < -0.4 is 0 Å². The van der Waals surface area contributed by atoms with Gasteiger partial charge in [-0.25, -0.2) is 0 Å². The number of benzene rings is 1. The van der Waals surface area contributed by atoms with Gasteiger partial charge in [0.25, 0.3) is 11.6 Å². The van der Waals surface area contributed by atoms with E-state index in [2.05, 4.69) is 0 Å². The summed E-state index contributed by atoms with van der Waals surface area (Å²) in [6.45, 7) is 0. The summed E-state index contributed by atoms with van der Waals surface area (Å²) in [6, 6.07) is 6.32. The number of carbonyl (C=O) groups is 4. The molecule has 2 saturated heterocycles. The zero-order valence-electron chi connectivity index (χ0n) is 17.3. The molecule has 5 rings (SSSR count). The first-order chi connectivity index (χ1) is 15.3. The third-order valence-electron chi connectivity index (χ3n) is 6.84. The first-order valence-corrected chi connectivity index (χ1v) is 11.4. The third-order valence-corrected chi connectivity index (χ3v) is 7.08. The molecule has 0 amide bonds. The van der Waals surface area contributed by atoms with Gasteiger partial charge in [0.05, 0.1) is 0 Å². The Bertz CT molecular complexity index is 880. The first kappa shape index (κ1) is 21.2. The maximum absolute atomic E-state index is 13.1. The number of ether oxygens (including phenoxy) is 4. The lowest BCUT2D eigenvalue weighted by atomic mass is 9.75. The van der Waals surface area contributed by atoms with Gasteiger partial charge in [-0.2, -0.15) is 0 Å². The minimum atomic E-state index is -1.53. The Morgan fingerprint density at radius 2 is 1.12 bits per heavy atom. The number of halogens is 1. The number of rotatable bonds is 3. The molecule has 0 N–H and O–H groups in total. The van der Waals surface area contributed by atoms with Crippen molar-refractivity contribution >= 4 is 35.5 Å². The van der Waals surface area contributed by atoms with E-state index in [9.17, 15) is 19.2 Å². The molecule has 170 valence electrons. The molecule has 2 saturated carbocycles. The third kappa shape index (κ3) is 3.54. The fourth-order valence-corrected chi connectivity index (χ4v) is 5.53. The monoisotopic (exact) mass is 462 g/mol. The largest absolute Gasteiger partial charge is 0.422 e. The van der Waals surface area contributed by atoms with Gasteiger partial charge in [0, 0.05) is 36.6 Å². The van der Waals surface area contributed by atoms with E-state index in [1.54, 1.807) is 18.2 Å². The van der Waals surface area contributed by atoms with Gasteiger partial charge in [-0.1, -0.05) is 23.7 Å². The molecule has 0 radical (unpaired) electrons. The van der Waals surface area contributed by atoms with Crippen molar-refractivity contribution in [3.05, 3.63) is 34.9 Å². The molecule has 0 atom stereocenters. The smallest absolute Gasteiger partial charge is 0.324 e. The average molecular weight is 463 g/mol. The number of esters is 4. The molecule has 0 unspecified atom stereocenters. The van der Waals surface area contributed by atoms with Crippen LogP contribution >= 0.6 is 11.6 Å². The first-order valence-electron chi connectivity index (χ1n) is 11.0. The summed E-state index contributed by atoms with van der Waals surface area (Å²) in [5.41, 5.74) is 0.347. The zero-order chi connectivity index (χ0) is 22.5. The fourth-order valence-electron chi connectivity index (χ4n) is 5.33. The summed E-state index contributed by atoms with van der Waals surface area (Å²) in [7, 11) is 0. The molecular weight excluding hydrogens is 440 g/mol. The van der Waals surface area contributed by atoms with Crippen molar-refractivity contribution in [3.8, 4) is 0 Å². The topological polar surface area (TPSA) is 105 Å². The van der Waals surface area contributed by atoms with Crippen molar-refractivity contribution in [1.82, 2.24) is 0 Å². The second-order valence-corrected chi connectivity index (χ2v) is 9.39. The highest BCUT2D eigenvalue weighted by Crippen LogP contribution is 2.47. The van der Waals surface area contributed by atoms with E-state index in [0.717, 1.165) is 25.7 Å². The van der Waals surface area contributed by atoms with Gasteiger partial charge in [-0.3, -0.25) is 19.2 Å². The Balaban J connectivity index is 1.52. The Morgan fingerprint density at radius 3 is 1.50 bits per heavy atom. The molecule has 2 aliphatic carbocycles. The van der Waals surface area contributed by atoms with Crippen LogP contribution in [0.5, 0.6) is 0 Å². The Kier molecular flexibility index (Phi) is 5.15. The zero-order valence-corrected chi connectivity index (χ0v) is 18.1. The van der Waals surface area contributed by atoms with Crippen LogP contribution in [0.25, 0.3) is 0 Å². The van der Waals surface area contributed by atoms with Crippen molar-refractivity contribution in [2.75, 3.05) is 0 Å². The lowest BCUT2D eigenvalue weighted by Crippen LogP contribution is -2.55. The number of hydrogen-bond acceptors (Lipinski definition) is 8. The highest BCUT2D eigenvalue weighted by atomic mass is 35.5. The van der Waals surface area contributed by atoms with E-state index in [1.165, 1.54) is 6.07 Å². The maximum Gasteiger partial charge on any atom is 0.324 e. The number of carbonyl (C=O) groups excluding carboxylic acids is 4. The van der Waals surface area contributed by atoms with Crippen LogP contribution in [0, 0.1) is 11.8 Å². The molecular formula is C23H23ClO8. The van der Waals surface area contributed by atoms with Gasteiger partial charge in [0.15, 0.2) is 11.8 Å². The van der Waals surface area contributed by atoms with Crippen molar-refractivity contribution in [1.29, 1.82) is 0 Å². The molecule has 0 aromatic heterocycles. The van der Waals surface area contributed by atoms with Gasteiger partial charge in [-0.15, -0.1) is 0 Å². The van der Waals surface area contributed by atoms with E-state index in [0.29, 0.717) is 36.3 Å². The highest BCUT2D eigenvalue weighted by Gasteiger charge is 2.60. The predicted molar refractivity (Wildman–Crippen MR) is 108 cm³/mol. The van der Waals surface area contributed by atoms with Crippen LogP contribution in [0.1, 0.15) is 62.8 Å². The Morgan fingerprint density at radius 1 is 0.719 bits per heavy atom. The van der Waals surface area contributed by atoms with Crippen molar-refractivity contribution in [2.45, 2.75) is 68.9 Å². The molecule has 1 aromatic carbocycles. The minimum Gasteiger partial charge on any atom is -0.422 e. The van der Waals surface area contributed by atoms with Crippen molar-refractivity contribution in [2.24, 2.45) is 11.8 Å². The van der Waals surface area contributed by atoms with Crippen LogP contribution in [0.4, 0.5) is 0 Å². The van der Waals surface area contributed by atoms with Crippen LogP contribution in [0.2, 0.25) is 5.02 Å². The summed E-state index contributed by atoms with van der Waals surface area (Å²) in [5, 5.41) is 0.321. The molecule has 4 fully saturated rings. The molecule has 0 bridgehead atoms. The standard InChI is InChI=1S/C23H23ClO8/c24-14-7-5-6-13(12-14)15(16-18(25)29-22(30-19(16)26)8-1-2-9-22)17-20(27)31-23(32-21(17)28)10-3-4-11-23/h5-7,12,15-17H,1-4,8-11H2. The van der Waals surface area contributed by atoms with Crippen LogP contribution in [0.3, 0.4) is 0 Å². The summed E-state index contributed by atoms with van der Waals surface area (Å²) in [5.74, 6) is -10.1. The molecule has 2 spiro atoms. The lowest BCUT2D eigenvalue weighted by Gasteiger charge is -2.42. The summed E-state index contributed by atoms with van der Waals surface area (Å²) >= 11 is 6.14. The summed E-state index contributed by atoms with van der Waals surface area (Å²) in [4.78, 5) is 52.4. The van der Waals surface area contributed by atoms with E-state index in [-0.39, 0.29) is 0 Å². The predicted octanol–water partition coefficient (Wildman–Crippen LogP) is 3.40. The molecule has 8 nitrogen and oxygen atoms in total. The van der Waals surface area contributed by atoms with E-state index in [1.807, 2.05) is 0 Å². The number of hydrogen-bond donors (Lipinski definition) is 0. The fraction of sp³-hybridized carbons (Fsp3) is 0.565. The second-order valence-electron chi connectivity index (χ2n) is 8.96. The van der Waals surface area contributed by atoms with Crippen LogP contribution in [-0.4, -0.2) is 35.5 Å². The van der Waals surface area contributed by atoms with Crippen molar-refractivity contribution < 1.29 is 38.1 Å². The molecule has 2 heterocycles. The average Bonchev–Trinajstić information content (AvgIpc) is 3.35. The van der Waals surface area contributed by atoms with Crippen LogP contribution in [-0.2, 0) is 38.1 Å². The van der Waals surface area contributed by atoms with Gasteiger partial charge < -0.3 is 18.9 Å². The van der Waals surface area contributed by atoms with Gasteiger partial charge in [0.1, 0.15) is 0 Å². The quantitative estimate of drug-likeness (QED) is 0.497. The summed E-state index contributed by atoms with van der Waals surface area (Å²) in [6.07, 6.45) is 4.78. The molecule has 9 heteroatoms.